The zero-order chi connectivity index (χ0) is 21.9. The Bertz CT molecular complexity index is 913. The fraction of sp³-hybridized carbons (Fsp3) is 0.364. The molecule has 3 rings (SSSR count). The summed E-state index contributed by atoms with van der Waals surface area (Å²) < 4.78 is 35.3. The molecule has 1 amide bonds. The Balaban J connectivity index is 1.96. The second-order valence-electron chi connectivity index (χ2n) is 7.34. The number of guanidine groups is 1. The average Bonchev–Trinajstić information content (AvgIpc) is 2.97. The highest BCUT2D eigenvalue weighted by molar-refractivity contribution is 6.07. The van der Waals surface area contributed by atoms with Gasteiger partial charge in [-0.1, -0.05) is 31.2 Å². The third kappa shape index (κ3) is 4.08. The zero-order valence-electron chi connectivity index (χ0n) is 16.9. The maximum atomic E-state index is 13.3. The second-order valence-corrected chi connectivity index (χ2v) is 7.34. The molecule has 6 nitrogen and oxygen atoms in total. The molecule has 1 aliphatic heterocycles. The number of amides is 1. The number of hydrogen-bond acceptors (Lipinski definition) is 5. The van der Waals surface area contributed by atoms with Crippen molar-refractivity contribution in [3.05, 3.63) is 66.5 Å². The quantitative estimate of drug-likeness (QED) is 0.656. The van der Waals surface area contributed by atoms with E-state index in [-0.39, 0.29) is 30.0 Å². The number of hydrogen-bond donors (Lipinski definition) is 1. The third-order valence-corrected chi connectivity index (χ3v) is 5.28. The molecule has 8 heteroatoms. The minimum Gasteiger partial charge on any atom is -0.493 e. The monoisotopic (exact) mass is 417 g/mol. The van der Waals surface area contributed by atoms with E-state index in [4.69, 9.17) is 10.5 Å². The standard InChI is InChI=1S/C22H25F2N3O3/c1-4-14(2)13-29-18-7-5-6-16(12-18)22(19(28)27(3)21(25)26-22)15-8-10-17(11-9-15)30-20(23)24/h4-8,10-12,14-15,20H,1,9,13H2,2-3H3,(H2,25,26)/t14?,15?,22-/m1/s1. The maximum Gasteiger partial charge on any atom is 0.387 e. The third-order valence-electron chi connectivity index (χ3n) is 5.28. The molecule has 0 saturated carbocycles. The van der Waals surface area contributed by atoms with E-state index in [2.05, 4.69) is 16.3 Å². The van der Waals surface area contributed by atoms with Gasteiger partial charge < -0.3 is 15.2 Å². The van der Waals surface area contributed by atoms with Gasteiger partial charge >= 0.3 is 6.61 Å². The highest BCUT2D eigenvalue weighted by atomic mass is 19.3. The lowest BCUT2D eigenvalue weighted by molar-refractivity contribution is -0.132. The normalized spacial score (nSPS) is 24.5. The Labute approximate surface area is 174 Å². The molecule has 3 atom stereocenters. The van der Waals surface area contributed by atoms with E-state index in [0.29, 0.717) is 17.9 Å². The number of likely N-dealkylation sites (N-methyl/N-ethyl adjacent to an activating group) is 1. The van der Waals surface area contributed by atoms with Crippen LogP contribution in [0.3, 0.4) is 0 Å². The van der Waals surface area contributed by atoms with Gasteiger partial charge in [0.25, 0.3) is 5.91 Å². The number of allylic oxidation sites excluding steroid dienone is 2. The molecule has 0 spiro atoms. The van der Waals surface area contributed by atoms with Gasteiger partial charge in [0, 0.05) is 18.9 Å². The van der Waals surface area contributed by atoms with Gasteiger partial charge in [-0.3, -0.25) is 9.69 Å². The van der Waals surface area contributed by atoms with Crippen molar-refractivity contribution in [1.29, 1.82) is 0 Å². The Morgan fingerprint density at radius 3 is 2.80 bits per heavy atom. The SMILES string of the molecule is C=CC(C)COc1cccc([C@@]2(C3C=CC(OC(F)F)=CC3)N=C(N)N(C)C2=O)c1. The fourth-order valence-corrected chi connectivity index (χ4v) is 3.53. The molecular formula is C22H25F2N3O3. The van der Waals surface area contributed by atoms with Crippen LogP contribution in [0, 0.1) is 11.8 Å². The number of alkyl halides is 2. The second kappa shape index (κ2) is 8.69. The average molecular weight is 417 g/mol. The van der Waals surface area contributed by atoms with Crippen LogP contribution in [0.1, 0.15) is 18.9 Å². The van der Waals surface area contributed by atoms with Crippen molar-refractivity contribution in [3.8, 4) is 5.75 Å². The highest BCUT2D eigenvalue weighted by Gasteiger charge is 2.52. The molecule has 1 heterocycles. The summed E-state index contributed by atoms with van der Waals surface area (Å²) >= 11 is 0. The number of aliphatic imine (C=N–C) groups is 1. The van der Waals surface area contributed by atoms with E-state index in [1.54, 1.807) is 43.5 Å². The smallest absolute Gasteiger partial charge is 0.387 e. The first-order chi connectivity index (χ1) is 14.3. The molecule has 2 unspecified atom stereocenters. The molecule has 1 aromatic rings. The minimum absolute atomic E-state index is 0.0580. The molecule has 0 radical (unpaired) electrons. The highest BCUT2D eigenvalue weighted by Crippen LogP contribution is 2.44. The summed E-state index contributed by atoms with van der Waals surface area (Å²) in [5, 5.41) is 0. The van der Waals surface area contributed by atoms with E-state index in [1.165, 1.54) is 17.1 Å². The molecule has 0 bridgehead atoms. The summed E-state index contributed by atoms with van der Waals surface area (Å²) in [6.45, 7) is 3.26. The van der Waals surface area contributed by atoms with Gasteiger partial charge in [-0.15, -0.1) is 6.58 Å². The lowest BCUT2D eigenvalue weighted by Crippen LogP contribution is -2.44. The summed E-state index contributed by atoms with van der Waals surface area (Å²) in [7, 11) is 1.56. The first kappa shape index (κ1) is 21.5. The van der Waals surface area contributed by atoms with Gasteiger partial charge in [-0.25, -0.2) is 4.99 Å². The topological polar surface area (TPSA) is 77.2 Å². The van der Waals surface area contributed by atoms with Gasteiger partial charge in [0.15, 0.2) is 11.5 Å². The maximum absolute atomic E-state index is 13.3. The predicted molar refractivity (Wildman–Crippen MR) is 110 cm³/mol. The van der Waals surface area contributed by atoms with Crippen molar-refractivity contribution in [2.24, 2.45) is 22.6 Å². The molecule has 30 heavy (non-hydrogen) atoms. The van der Waals surface area contributed by atoms with Gasteiger partial charge in [0.05, 0.1) is 6.61 Å². The van der Waals surface area contributed by atoms with Crippen molar-refractivity contribution >= 4 is 11.9 Å². The van der Waals surface area contributed by atoms with E-state index < -0.39 is 18.1 Å². The molecule has 0 fully saturated rings. The van der Waals surface area contributed by atoms with Crippen LogP contribution in [-0.4, -0.2) is 37.0 Å². The molecule has 0 saturated heterocycles. The Hall–Kier alpha value is -3.16. The summed E-state index contributed by atoms with van der Waals surface area (Å²) in [6, 6.07) is 7.15. The Kier molecular flexibility index (Phi) is 6.24. The van der Waals surface area contributed by atoms with E-state index in [0.717, 1.165) is 0 Å². The van der Waals surface area contributed by atoms with Crippen molar-refractivity contribution in [2.45, 2.75) is 25.5 Å². The van der Waals surface area contributed by atoms with Crippen LogP contribution in [-0.2, 0) is 15.1 Å². The van der Waals surface area contributed by atoms with Crippen LogP contribution in [0.25, 0.3) is 0 Å². The molecule has 2 aliphatic rings. The number of nitrogens with two attached hydrogens (primary N) is 1. The number of carbonyl (C=O) groups excluding carboxylic acids is 1. The van der Waals surface area contributed by atoms with Crippen LogP contribution >= 0.6 is 0 Å². The fourth-order valence-electron chi connectivity index (χ4n) is 3.53. The van der Waals surface area contributed by atoms with Crippen LogP contribution in [0.2, 0.25) is 0 Å². The molecule has 2 N–H and O–H groups in total. The van der Waals surface area contributed by atoms with Gasteiger partial charge in [0.1, 0.15) is 11.5 Å². The van der Waals surface area contributed by atoms with E-state index in [9.17, 15) is 13.6 Å². The number of carbonyl (C=O) groups is 1. The first-order valence-electron chi connectivity index (χ1n) is 9.60. The number of halogens is 2. The van der Waals surface area contributed by atoms with E-state index >= 15 is 0 Å². The zero-order valence-corrected chi connectivity index (χ0v) is 16.9. The van der Waals surface area contributed by atoms with Crippen molar-refractivity contribution in [3.63, 3.8) is 0 Å². The number of benzene rings is 1. The largest absolute Gasteiger partial charge is 0.493 e. The van der Waals surface area contributed by atoms with Gasteiger partial charge in [-0.05, 0) is 36.3 Å². The van der Waals surface area contributed by atoms with Crippen LogP contribution in [0.4, 0.5) is 8.78 Å². The Morgan fingerprint density at radius 1 is 1.47 bits per heavy atom. The lowest BCUT2D eigenvalue weighted by atomic mass is 9.74. The summed E-state index contributed by atoms with van der Waals surface area (Å²) in [4.78, 5) is 19.1. The minimum atomic E-state index is -2.91. The predicted octanol–water partition coefficient (Wildman–Crippen LogP) is 3.57. The van der Waals surface area contributed by atoms with Crippen LogP contribution in [0.15, 0.2) is 65.9 Å². The van der Waals surface area contributed by atoms with Gasteiger partial charge in [0.2, 0.25) is 0 Å². The molecule has 1 aromatic carbocycles. The van der Waals surface area contributed by atoms with Crippen molar-refractivity contribution in [2.75, 3.05) is 13.7 Å². The van der Waals surface area contributed by atoms with Gasteiger partial charge in [-0.2, -0.15) is 8.78 Å². The molecule has 1 aliphatic carbocycles. The number of ether oxygens (including phenoxy) is 2. The lowest BCUT2D eigenvalue weighted by Gasteiger charge is -2.33. The summed E-state index contributed by atoms with van der Waals surface area (Å²) in [6.07, 6.45) is 6.71. The van der Waals surface area contributed by atoms with Crippen molar-refractivity contribution < 1.29 is 23.0 Å². The number of nitrogens with zero attached hydrogens (tertiary/aromatic N) is 2. The summed E-state index contributed by atoms with van der Waals surface area (Å²) in [5.74, 6) is 0.184. The molecular weight excluding hydrogens is 392 g/mol. The first-order valence-corrected chi connectivity index (χ1v) is 9.60. The van der Waals surface area contributed by atoms with E-state index in [1.807, 2.05) is 6.92 Å². The van der Waals surface area contributed by atoms with Crippen LogP contribution < -0.4 is 10.5 Å². The van der Waals surface area contributed by atoms with Crippen molar-refractivity contribution in [1.82, 2.24) is 4.90 Å². The molecule has 0 aromatic heterocycles. The summed E-state index contributed by atoms with van der Waals surface area (Å²) in [5.41, 5.74) is 5.29. The van der Waals surface area contributed by atoms with Crippen LogP contribution in [0.5, 0.6) is 5.75 Å². The Morgan fingerprint density at radius 2 is 2.23 bits per heavy atom. The molecule has 160 valence electrons. The number of rotatable bonds is 8.